The van der Waals surface area contributed by atoms with Gasteiger partial charge in [0.1, 0.15) is 0 Å². The maximum atomic E-state index is 11.6. The monoisotopic (exact) mass is 398 g/mol. The van der Waals surface area contributed by atoms with Gasteiger partial charge in [-0.25, -0.2) is 4.79 Å². The van der Waals surface area contributed by atoms with Crippen molar-refractivity contribution in [3.05, 3.63) is 11.6 Å². The van der Waals surface area contributed by atoms with Gasteiger partial charge in [0.05, 0.1) is 31.0 Å². The number of carbonyl (C=O) groups excluding carboxylic acids is 1. The van der Waals surface area contributed by atoms with E-state index in [1.54, 1.807) is 6.08 Å². The molecule has 1 aliphatic carbocycles. The number of carboxylic acid groups (broad SMARTS) is 1. The third-order valence-corrected chi connectivity index (χ3v) is 4.62. The Hall–Kier alpha value is -1.12. The SMILES string of the molecule is CCC(CC)O[C@@H]1C=C(C(=O)O)C[C@H](CC(O)CO)[C@H]1NC(C)=O.[B][B]B([B])[B]. The highest BCUT2D eigenvalue weighted by molar-refractivity contribution is 7.60. The van der Waals surface area contributed by atoms with Gasteiger partial charge in [-0.15, -0.1) is 0 Å². The molecule has 4 N–H and O–H groups in total. The molecular formula is C17H29B5NO6. The molecule has 4 atom stereocenters. The van der Waals surface area contributed by atoms with Gasteiger partial charge >= 0.3 is 5.97 Å². The lowest BCUT2D eigenvalue weighted by Crippen LogP contribution is -2.52. The Bertz CT molecular complexity index is 532. The summed E-state index contributed by atoms with van der Waals surface area (Å²) in [4.78, 5) is 23.0. The lowest BCUT2D eigenvalue weighted by Gasteiger charge is -2.38. The van der Waals surface area contributed by atoms with Crippen molar-refractivity contribution < 1.29 is 29.6 Å². The Morgan fingerprint density at radius 2 is 1.93 bits per heavy atom. The zero-order valence-electron chi connectivity index (χ0n) is 17.5. The van der Waals surface area contributed by atoms with Crippen molar-refractivity contribution in [3.63, 3.8) is 0 Å². The molecule has 1 aliphatic rings. The van der Waals surface area contributed by atoms with Crippen LogP contribution in [0.15, 0.2) is 11.6 Å². The van der Waals surface area contributed by atoms with E-state index in [9.17, 15) is 19.8 Å². The lowest BCUT2D eigenvalue weighted by atomic mass is 8.97. The largest absolute Gasteiger partial charge is 0.478 e. The van der Waals surface area contributed by atoms with Crippen molar-refractivity contribution in [2.24, 2.45) is 5.92 Å². The molecule has 153 valence electrons. The third kappa shape index (κ3) is 11.0. The summed E-state index contributed by atoms with van der Waals surface area (Å²) in [6.07, 6.45) is 1.47. The molecule has 0 saturated heterocycles. The Balaban J connectivity index is 0.00000139. The fourth-order valence-electron chi connectivity index (χ4n) is 3.12. The highest BCUT2D eigenvalue weighted by atomic mass is 16.5. The van der Waals surface area contributed by atoms with Crippen molar-refractivity contribution in [3.8, 4) is 0 Å². The van der Waals surface area contributed by atoms with E-state index >= 15 is 0 Å². The van der Waals surface area contributed by atoms with Crippen LogP contribution in [-0.2, 0) is 14.3 Å². The van der Waals surface area contributed by atoms with Gasteiger partial charge in [0.2, 0.25) is 5.91 Å². The van der Waals surface area contributed by atoms with Crippen molar-refractivity contribution in [1.29, 1.82) is 0 Å². The molecule has 0 heterocycles. The number of ether oxygens (including phenoxy) is 1. The van der Waals surface area contributed by atoms with E-state index in [0.29, 0.717) is 0 Å². The third-order valence-electron chi connectivity index (χ3n) is 4.62. The van der Waals surface area contributed by atoms with Crippen LogP contribution in [0.2, 0.25) is 0 Å². The molecule has 0 fully saturated rings. The predicted octanol–water partition coefficient (Wildman–Crippen LogP) is -1.06. The van der Waals surface area contributed by atoms with E-state index in [2.05, 4.69) is 5.32 Å². The van der Waals surface area contributed by atoms with Gasteiger partial charge in [-0.05, 0) is 37.7 Å². The number of nitrogens with one attached hydrogen (secondary N) is 1. The van der Waals surface area contributed by atoms with Crippen LogP contribution in [-0.4, -0.2) is 94.8 Å². The Kier molecular flexibility index (Phi) is 14.2. The van der Waals surface area contributed by atoms with Gasteiger partial charge < -0.3 is 25.4 Å². The first-order valence-electron chi connectivity index (χ1n) is 9.81. The lowest BCUT2D eigenvalue weighted by molar-refractivity contribution is -0.133. The summed E-state index contributed by atoms with van der Waals surface area (Å²) in [5.41, 5.74) is 0.211. The average Bonchev–Trinajstić information content (AvgIpc) is 2.67. The van der Waals surface area contributed by atoms with Gasteiger partial charge in [-0.3, -0.25) is 4.79 Å². The minimum absolute atomic E-state index is 0.0425. The number of hydrogen-bond donors (Lipinski definition) is 4. The second kappa shape index (κ2) is 14.8. The van der Waals surface area contributed by atoms with E-state index in [1.807, 2.05) is 13.8 Å². The number of aliphatic hydroxyl groups excluding tert-OH is 2. The summed E-state index contributed by atoms with van der Waals surface area (Å²) in [7, 11) is 15.8. The van der Waals surface area contributed by atoms with E-state index in [-0.39, 0.29) is 36.3 Å². The second-order valence-corrected chi connectivity index (χ2v) is 7.07. The summed E-state index contributed by atoms with van der Waals surface area (Å²) in [6, 6.07) is -0.438. The summed E-state index contributed by atoms with van der Waals surface area (Å²) in [5.74, 6) is -1.60. The highest BCUT2D eigenvalue weighted by Gasteiger charge is 2.38. The number of rotatable bonds is 10. The number of amides is 1. The number of aliphatic hydroxyl groups is 2. The summed E-state index contributed by atoms with van der Waals surface area (Å²) in [6.45, 7) is 4.95. The molecule has 0 spiro atoms. The van der Waals surface area contributed by atoms with E-state index in [4.69, 9.17) is 33.1 Å². The van der Waals surface area contributed by atoms with Crippen LogP contribution < -0.4 is 5.32 Å². The van der Waals surface area contributed by atoms with Gasteiger partial charge in [0.25, 0.3) is 0 Å². The van der Waals surface area contributed by atoms with E-state index < -0.39 is 37.2 Å². The highest BCUT2D eigenvalue weighted by Crippen LogP contribution is 2.31. The maximum absolute atomic E-state index is 11.6. The molecular weight excluding hydrogens is 368 g/mol. The maximum Gasteiger partial charge on any atom is 0.331 e. The van der Waals surface area contributed by atoms with Crippen LogP contribution >= 0.6 is 0 Å². The van der Waals surface area contributed by atoms with Gasteiger partial charge in [0.15, 0.2) is 0 Å². The van der Waals surface area contributed by atoms with Crippen LogP contribution in [0.4, 0.5) is 0 Å². The number of hydrogen-bond acceptors (Lipinski definition) is 5. The van der Waals surface area contributed by atoms with Crippen LogP contribution in [0, 0.1) is 5.92 Å². The van der Waals surface area contributed by atoms with Crippen molar-refractivity contribution >= 4 is 48.5 Å². The molecule has 0 aromatic rings. The van der Waals surface area contributed by atoms with Gasteiger partial charge in [-0.1, -0.05) is 13.8 Å². The van der Waals surface area contributed by atoms with Crippen molar-refractivity contribution in [2.45, 2.75) is 70.8 Å². The molecule has 0 aromatic heterocycles. The second-order valence-electron chi connectivity index (χ2n) is 7.07. The molecule has 0 saturated carbocycles. The molecule has 29 heavy (non-hydrogen) atoms. The molecule has 0 bridgehead atoms. The molecule has 7 nitrogen and oxygen atoms in total. The molecule has 0 aromatic carbocycles. The zero-order valence-corrected chi connectivity index (χ0v) is 17.5. The first-order valence-corrected chi connectivity index (χ1v) is 9.81. The minimum Gasteiger partial charge on any atom is -0.478 e. The van der Waals surface area contributed by atoms with Crippen LogP contribution in [0.5, 0.6) is 0 Å². The van der Waals surface area contributed by atoms with Crippen molar-refractivity contribution in [2.75, 3.05) is 6.61 Å². The topological polar surface area (TPSA) is 116 Å². The summed E-state index contributed by atoms with van der Waals surface area (Å²) < 4.78 is 6.03. The van der Waals surface area contributed by atoms with Gasteiger partial charge in [0, 0.05) is 49.2 Å². The molecule has 0 aliphatic heterocycles. The quantitative estimate of drug-likeness (QED) is 0.349. The van der Waals surface area contributed by atoms with Gasteiger partial charge in [-0.2, -0.15) is 0 Å². The number of aliphatic carboxylic acids is 1. The van der Waals surface area contributed by atoms with E-state index in [0.717, 1.165) is 12.8 Å². The average molecular weight is 397 g/mol. The first-order chi connectivity index (χ1) is 13.6. The smallest absolute Gasteiger partial charge is 0.331 e. The number of carbonyl (C=O) groups is 2. The van der Waals surface area contributed by atoms with Crippen molar-refractivity contribution in [1.82, 2.24) is 5.32 Å². The zero-order chi connectivity index (χ0) is 22.6. The Morgan fingerprint density at radius 3 is 2.31 bits per heavy atom. The van der Waals surface area contributed by atoms with Crippen LogP contribution in [0.1, 0.15) is 46.5 Å². The Morgan fingerprint density at radius 1 is 1.38 bits per heavy atom. The van der Waals surface area contributed by atoms with Crippen LogP contribution in [0.3, 0.4) is 0 Å². The predicted molar refractivity (Wildman–Crippen MR) is 117 cm³/mol. The standard InChI is InChI=1S/C17H29NO6.B5/c1-4-14(5-2)24-15-8-12(17(22)23)6-11(7-13(21)9-19)16(15)18-10(3)20;1-4-5(2)3/h8,11,13-16,19,21H,4-7,9H2,1-3H3,(H,18,20)(H,22,23);/t11-,13?,15-,16-;/m1./s1. The summed E-state index contributed by atoms with van der Waals surface area (Å²) >= 11 is 0. The molecule has 7 radical (unpaired) electrons. The van der Waals surface area contributed by atoms with E-state index in [1.165, 1.54) is 14.0 Å². The van der Waals surface area contributed by atoms with Crippen LogP contribution in [0.25, 0.3) is 0 Å². The summed E-state index contributed by atoms with van der Waals surface area (Å²) in [5, 5.41) is 31.1. The minimum atomic E-state index is -1.03. The molecule has 1 rings (SSSR count). The molecule has 12 heteroatoms. The fraction of sp³-hybridized carbons (Fsp3) is 0.765. The Labute approximate surface area is 178 Å². The molecule has 1 unspecified atom stereocenters. The fourth-order valence-corrected chi connectivity index (χ4v) is 3.12. The normalized spacial score (nSPS) is 22.0. The molecule has 1 amide bonds. The first kappa shape index (κ1) is 27.9. The number of carboxylic acids is 1.